The third-order valence-corrected chi connectivity index (χ3v) is 4.33. The molecule has 0 unspecified atom stereocenters. The van der Waals surface area contributed by atoms with E-state index in [9.17, 15) is 4.79 Å². The van der Waals surface area contributed by atoms with E-state index in [0.717, 1.165) is 41.4 Å². The van der Waals surface area contributed by atoms with Crippen LogP contribution in [-0.2, 0) is 11.2 Å². The normalized spacial score (nSPS) is 18.0. The minimum absolute atomic E-state index is 0.155. The van der Waals surface area contributed by atoms with Gasteiger partial charge in [0, 0.05) is 42.2 Å². The molecule has 1 aliphatic heterocycles. The van der Waals surface area contributed by atoms with Crippen LogP contribution in [-0.4, -0.2) is 44.1 Å². The van der Waals surface area contributed by atoms with Gasteiger partial charge in [0.05, 0.1) is 12.1 Å². The number of hydrogen-bond acceptors (Lipinski definition) is 4. The van der Waals surface area contributed by atoms with E-state index in [0.29, 0.717) is 13.0 Å². The summed E-state index contributed by atoms with van der Waals surface area (Å²) in [6.07, 6.45) is 3.13. The zero-order chi connectivity index (χ0) is 15.7. The Kier molecular flexibility index (Phi) is 3.92. The lowest BCUT2D eigenvalue weighted by atomic mass is 10.1. The summed E-state index contributed by atoms with van der Waals surface area (Å²) in [6, 6.07) is 1.89. The monoisotopic (exact) mass is 299 g/mol. The first-order chi connectivity index (χ1) is 10.5. The molecule has 1 fully saturated rings. The van der Waals surface area contributed by atoms with Gasteiger partial charge in [-0.1, -0.05) is 0 Å². The van der Waals surface area contributed by atoms with Gasteiger partial charge in [-0.25, -0.2) is 9.97 Å². The summed E-state index contributed by atoms with van der Waals surface area (Å²) in [6.45, 7) is 7.33. The summed E-state index contributed by atoms with van der Waals surface area (Å²) in [5.74, 6) is 1.25. The number of nitrogens with one attached hydrogen (secondary N) is 1. The molecule has 3 rings (SSSR count). The molecule has 1 amide bonds. The molecule has 1 N–H and O–H groups in total. The highest BCUT2D eigenvalue weighted by atomic mass is 16.2. The van der Waals surface area contributed by atoms with Crippen LogP contribution >= 0.6 is 0 Å². The van der Waals surface area contributed by atoms with Gasteiger partial charge in [-0.3, -0.25) is 9.89 Å². The van der Waals surface area contributed by atoms with Gasteiger partial charge < -0.3 is 4.90 Å². The van der Waals surface area contributed by atoms with Gasteiger partial charge in [-0.05, 0) is 33.3 Å². The van der Waals surface area contributed by atoms with E-state index in [1.54, 1.807) is 6.20 Å². The van der Waals surface area contributed by atoms with E-state index in [4.69, 9.17) is 0 Å². The van der Waals surface area contributed by atoms with Crippen molar-refractivity contribution in [3.05, 3.63) is 40.7 Å². The van der Waals surface area contributed by atoms with E-state index >= 15 is 0 Å². The average molecular weight is 299 g/mol. The first-order valence-electron chi connectivity index (χ1n) is 7.62. The molecule has 0 spiro atoms. The molecule has 6 heteroatoms. The number of amides is 1. The number of hydrogen-bond donors (Lipinski definition) is 1. The number of aromatic nitrogens is 4. The molecular weight excluding hydrogens is 278 g/mol. The van der Waals surface area contributed by atoms with Crippen LogP contribution in [0.15, 0.2) is 12.3 Å². The first kappa shape index (κ1) is 14.7. The van der Waals surface area contributed by atoms with E-state index < -0.39 is 0 Å². The summed E-state index contributed by atoms with van der Waals surface area (Å²) in [7, 11) is 0. The lowest BCUT2D eigenvalue weighted by Gasteiger charge is -2.16. The molecule has 1 aliphatic rings. The van der Waals surface area contributed by atoms with Crippen LogP contribution in [0.4, 0.5) is 0 Å². The van der Waals surface area contributed by atoms with E-state index in [2.05, 4.69) is 20.2 Å². The Hall–Kier alpha value is -2.24. The van der Waals surface area contributed by atoms with Crippen molar-refractivity contribution < 1.29 is 4.79 Å². The summed E-state index contributed by atoms with van der Waals surface area (Å²) >= 11 is 0. The lowest BCUT2D eigenvalue weighted by molar-refractivity contribution is -0.129. The van der Waals surface area contributed by atoms with Gasteiger partial charge in [0.25, 0.3) is 0 Å². The molecule has 0 bridgehead atoms. The highest BCUT2D eigenvalue weighted by molar-refractivity contribution is 5.79. The fraction of sp³-hybridized carbons (Fsp3) is 0.500. The average Bonchev–Trinajstić information content (AvgIpc) is 3.10. The zero-order valence-corrected chi connectivity index (χ0v) is 13.3. The quantitative estimate of drug-likeness (QED) is 0.935. The van der Waals surface area contributed by atoms with Crippen molar-refractivity contribution in [2.24, 2.45) is 0 Å². The highest BCUT2D eigenvalue weighted by Gasteiger charge is 2.29. The second kappa shape index (κ2) is 5.87. The summed E-state index contributed by atoms with van der Waals surface area (Å²) < 4.78 is 0. The topological polar surface area (TPSA) is 74.8 Å². The van der Waals surface area contributed by atoms with Gasteiger partial charge in [-0.15, -0.1) is 0 Å². The van der Waals surface area contributed by atoms with Crippen LogP contribution in [0, 0.1) is 20.8 Å². The fourth-order valence-corrected chi connectivity index (χ4v) is 2.96. The molecule has 2 aromatic rings. The second-order valence-electron chi connectivity index (χ2n) is 5.97. The van der Waals surface area contributed by atoms with Crippen molar-refractivity contribution in [2.45, 2.75) is 39.5 Å². The molecule has 116 valence electrons. The van der Waals surface area contributed by atoms with Gasteiger partial charge in [0.2, 0.25) is 5.91 Å². The van der Waals surface area contributed by atoms with Crippen molar-refractivity contribution in [3.8, 4) is 0 Å². The molecule has 2 aromatic heterocycles. The SMILES string of the molecule is Cc1ccnc([C@@H]2CCN(C(=O)Cc3c(C)n[nH]c3C)C2)n1. The zero-order valence-electron chi connectivity index (χ0n) is 13.3. The van der Waals surface area contributed by atoms with Crippen molar-refractivity contribution in [3.63, 3.8) is 0 Å². The molecule has 0 saturated carbocycles. The summed E-state index contributed by atoms with van der Waals surface area (Å²) in [4.78, 5) is 23.3. The Morgan fingerprint density at radius 2 is 2.23 bits per heavy atom. The number of rotatable bonds is 3. The molecule has 1 saturated heterocycles. The molecule has 6 nitrogen and oxygen atoms in total. The Morgan fingerprint density at radius 3 is 2.91 bits per heavy atom. The Labute approximate surface area is 130 Å². The number of nitrogens with zero attached hydrogens (tertiary/aromatic N) is 4. The number of carbonyl (C=O) groups is 1. The smallest absolute Gasteiger partial charge is 0.227 e. The Morgan fingerprint density at radius 1 is 1.41 bits per heavy atom. The second-order valence-corrected chi connectivity index (χ2v) is 5.97. The maximum absolute atomic E-state index is 12.5. The van der Waals surface area contributed by atoms with Gasteiger partial charge in [-0.2, -0.15) is 5.10 Å². The van der Waals surface area contributed by atoms with E-state index in [-0.39, 0.29) is 11.8 Å². The lowest BCUT2D eigenvalue weighted by Crippen LogP contribution is -2.30. The predicted molar refractivity (Wildman–Crippen MR) is 82.5 cm³/mol. The van der Waals surface area contributed by atoms with Crippen LogP contribution in [0.25, 0.3) is 0 Å². The molecule has 22 heavy (non-hydrogen) atoms. The molecule has 0 aromatic carbocycles. The Bertz CT molecular complexity index is 674. The number of aromatic amines is 1. The maximum Gasteiger partial charge on any atom is 0.227 e. The Balaban J connectivity index is 1.66. The van der Waals surface area contributed by atoms with E-state index in [1.807, 2.05) is 31.7 Å². The standard InChI is InChI=1S/C16H21N5O/c1-10-4-6-17-16(18-10)13-5-7-21(9-13)15(22)8-14-11(2)19-20-12(14)3/h4,6,13H,5,7-9H2,1-3H3,(H,19,20)/t13-/m1/s1. The number of likely N-dealkylation sites (tertiary alicyclic amines) is 1. The van der Waals surface area contributed by atoms with Crippen LogP contribution in [0.3, 0.4) is 0 Å². The number of H-pyrrole nitrogens is 1. The molecule has 0 aliphatic carbocycles. The van der Waals surface area contributed by atoms with Gasteiger partial charge >= 0.3 is 0 Å². The maximum atomic E-state index is 12.5. The van der Waals surface area contributed by atoms with Crippen LogP contribution in [0.2, 0.25) is 0 Å². The van der Waals surface area contributed by atoms with Crippen LogP contribution in [0.5, 0.6) is 0 Å². The summed E-state index contributed by atoms with van der Waals surface area (Å²) in [5, 5.41) is 7.09. The molecule has 3 heterocycles. The highest BCUT2D eigenvalue weighted by Crippen LogP contribution is 2.25. The first-order valence-corrected chi connectivity index (χ1v) is 7.62. The van der Waals surface area contributed by atoms with Crippen molar-refractivity contribution >= 4 is 5.91 Å². The van der Waals surface area contributed by atoms with Crippen molar-refractivity contribution in [2.75, 3.05) is 13.1 Å². The van der Waals surface area contributed by atoms with E-state index in [1.165, 1.54) is 0 Å². The predicted octanol–water partition coefficient (Wildman–Crippen LogP) is 1.68. The minimum Gasteiger partial charge on any atom is -0.342 e. The van der Waals surface area contributed by atoms with Gasteiger partial charge in [0.1, 0.15) is 5.82 Å². The van der Waals surface area contributed by atoms with Crippen LogP contribution < -0.4 is 0 Å². The number of carbonyl (C=O) groups excluding carboxylic acids is 1. The third kappa shape index (κ3) is 2.86. The minimum atomic E-state index is 0.155. The molecular formula is C16H21N5O. The summed E-state index contributed by atoms with van der Waals surface area (Å²) in [5.41, 5.74) is 3.87. The van der Waals surface area contributed by atoms with Crippen molar-refractivity contribution in [1.29, 1.82) is 0 Å². The third-order valence-electron chi connectivity index (χ3n) is 4.33. The molecule has 0 radical (unpaired) electrons. The van der Waals surface area contributed by atoms with Crippen molar-refractivity contribution in [1.82, 2.24) is 25.1 Å². The van der Waals surface area contributed by atoms with Crippen LogP contribution in [0.1, 0.15) is 40.8 Å². The fourth-order valence-electron chi connectivity index (χ4n) is 2.96. The molecule has 1 atom stereocenters. The van der Waals surface area contributed by atoms with Gasteiger partial charge in [0.15, 0.2) is 0 Å². The largest absolute Gasteiger partial charge is 0.342 e. The number of aryl methyl sites for hydroxylation is 3.